The molecule has 0 radical (unpaired) electrons. The summed E-state index contributed by atoms with van der Waals surface area (Å²) in [5, 5.41) is 14.2. The quantitative estimate of drug-likeness (QED) is 0.435. The van der Waals surface area contributed by atoms with E-state index in [0.717, 1.165) is 0 Å². The standard InChI is InChI=1S/C12H25N3O3/c1-8(2)11(13)12(18)15-7-10(17)14-6-4-5-9(3)16/h8-9,11,16H,4-7,13H2,1-3H3,(H,14,17)(H,15,18)/t9?,11-/m0/s1. The zero-order valence-electron chi connectivity index (χ0n) is 11.4. The average Bonchev–Trinajstić information content (AvgIpc) is 2.30. The average molecular weight is 259 g/mol. The lowest BCUT2D eigenvalue weighted by Crippen LogP contribution is -2.47. The minimum absolute atomic E-state index is 0.0408. The SMILES string of the molecule is CC(O)CCCNC(=O)CNC(=O)[C@@H](N)C(C)C. The summed E-state index contributed by atoms with van der Waals surface area (Å²) in [7, 11) is 0. The topological polar surface area (TPSA) is 104 Å². The third kappa shape index (κ3) is 8.03. The Balaban J connectivity index is 3.67. The van der Waals surface area contributed by atoms with Crippen molar-refractivity contribution in [2.24, 2.45) is 11.7 Å². The number of carbonyl (C=O) groups is 2. The molecule has 0 aliphatic rings. The summed E-state index contributed by atoms with van der Waals surface area (Å²) in [6.07, 6.45) is 0.999. The van der Waals surface area contributed by atoms with Crippen LogP contribution in [-0.2, 0) is 9.59 Å². The van der Waals surface area contributed by atoms with Crippen molar-refractivity contribution in [2.45, 2.75) is 45.8 Å². The zero-order valence-corrected chi connectivity index (χ0v) is 11.4. The van der Waals surface area contributed by atoms with Gasteiger partial charge in [-0.3, -0.25) is 9.59 Å². The van der Waals surface area contributed by atoms with E-state index >= 15 is 0 Å². The Bertz CT molecular complexity index is 267. The maximum absolute atomic E-state index is 11.5. The van der Waals surface area contributed by atoms with Crippen LogP contribution < -0.4 is 16.4 Å². The Hall–Kier alpha value is -1.14. The van der Waals surface area contributed by atoms with E-state index in [1.807, 2.05) is 13.8 Å². The largest absolute Gasteiger partial charge is 0.393 e. The van der Waals surface area contributed by atoms with Crippen LogP contribution in [0.1, 0.15) is 33.6 Å². The van der Waals surface area contributed by atoms with E-state index < -0.39 is 6.04 Å². The number of nitrogens with two attached hydrogens (primary N) is 1. The molecule has 0 spiro atoms. The molecule has 2 amide bonds. The molecular formula is C12H25N3O3. The molecule has 2 atom stereocenters. The van der Waals surface area contributed by atoms with Crippen molar-refractivity contribution in [3.05, 3.63) is 0 Å². The van der Waals surface area contributed by atoms with Gasteiger partial charge >= 0.3 is 0 Å². The van der Waals surface area contributed by atoms with Crippen LogP contribution in [0.15, 0.2) is 0 Å². The number of aliphatic hydroxyl groups excluding tert-OH is 1. The summed E-state index contributed by atoms with van der Waals surface area (Å²) in [5.41, 5.74) is 5.63. The van der Waals surface area contributed by atoms with Gasteiger partial charge in [-0.2, -0.15) is 0 Å². The maximum Gasteiger partial charge on any atom is 0.239 e. The van der Waals surface area contributed by atoms with Crippen molar-refractivity contribution in [3.63, 3.8) is 0 Å². The Morgan fingerprint density at radius 1 is 1.22 bits per heavy atom. The molecule has 0 aliphatic carbocycles. The van der Waals surface area contributed by atoms with Crippen LogP contribution in [0.3, 0.4) is 0 Å². The monoisotopic (exact) mass is 259 g/mol. The minimum atomic E-state index is -0.590. The first kappa shape index (κ1) is 16.9. The van der Waals surface area contributed by atoms with Crippen LogP contribution >= 0.6 is 0 Å². The highest BCUT2D eigenvalue weighted by molar-refractivity contribution is 5.87. The van der Waals surface area contributed by atoms with Crippen LogP contribution in [0.2, 0.25) is 0 Å². The number of amides is 2. The van der Waals surface area contributed by atoms with Gasteiger partial charge in [0.25, 0.3) is 0 Å². The van der Waals surface area contributed by atoms with Gasteiger partial charge in [0.1, 0.15) is 0 Å². The zero-order chi connectivity index (χ0) is 14.1. The number of aliphatic hydroxyl groups is 1. The molecule has 0 aromatic heterocycles. The van der Waals surface area contributed by atoms with Crippen molar-refractivity contribution in [1.82, 2.24) is 10.6 Å². The van der Waals surface area contributed by atoms with Gasteiger partial charge in [-0.15, -0.1) is 0 Å². The molecule has 0 heterocycles. The second kappa shape index (κ2) is 8.88. The van der Waals surface area contributed by atoms with E-state index in [9.17, 15) is 9.59 Å². The van der Waals surface area contributed by atoms with Gasteiger partial charge in [0.15, 0.2) is 0 Å². The fraction of sp³-hybridized carbons (Fsp3) is 0.833. The van der Waals surface area contributed by atoms with Crippen molar-refractivity contribution >= 4 is 11.8 Å². The molecule has 18 heavy (non-hydrogen) atoms. The molecule has 5 N–H and O–H groups in total. The van der Waals surface area contributed by atoms with Crippen LogP contribution in [-0.4, -0.2) is 42.2 Å². The summed E-state index contributed by atoms with van der Waals surface area (Å²) in [6.45, 7) is 5.83. The maximum atomic E-state index is 11.5. The summed E-state index contributed by atoms with van der Waals surface area (Å²) in [6, 6.07) is -0.590. The number of hydrogen-bond donors (Lipinski definition) is 4. The fourth-order valence-corrected chi connectivity index (χ4v) is 1.28. The lowest BCUT2D eigenvalue weighted by Gasteiger charge is -2.15. The summed E-state index contributed by atoms with van der Waals surface area (Å²) in [5.74, 6) is -0.520. The molecular weight excluding hydrogens is 234 g/mol. The molecule has 1 unspecified atom stereocenters. The van der Waals surface area contributed by atoms with Crippen molar-refractivity contribution < 1.29 is 14.7 Å². The first-order valence-corrected chi connectivity index (χ1v) is 6.32. The highest BCUT2D eigenvalue weighted by atomic mass is 16.3. The van der Waals surface area contributed by atoms with E-state index in [2.05, 4.69) is 10.6 Å². The lowest BCUT2D eigenvalue weighted by atomic mass is 10.1. The van der Waals surface area contributed by atoms with Gasteiger partial charge in [0.05, 0.1) is 18.7 Å². The molecule has 0 bridgehead atoms. The van der Waals surface area contributed by atoms with Crippen molar-refractivity contribution in [3.8, 4) is 0 Å². The van der Waals surface area contributed by atoms with E-state index in [1.165, 1.54) is 0 Å². The molecule has 0 saturated heterocycles. The third-order valence-electron chi connectivity index (χ3n) is 2.57. The summed E-state index contributed by atoms with van der Waals surface area (Å²) in [4.78, 5) is 22.8. The number of carbonyl (C=O) groups excluding carboxylic acids is 2. The van der Waals surface area contributed by atoms with Gasteiger partial charge in [-0.05, 0) is 25.7 Å². The van der Waals surface area contributed by atoms with Gasteiger partial charge in [0.2, 0.25) is 11.8 Å². The second-order valence-corrected chi connectivity index (χ2v) is 4.83. The van der Waals surface area contributed by atoms with E-state index in [0.29, 0.717) is 19.4 Å². The van der Waals surface area contributed by atoms with Gasteiger partial charge in [-0.1, -0.05) is 13.8 Å². The van der Waals surface area contributed by atoms with Crippen LogP contribution in [0.5, 0.6) is 0 Å². The highest BCUT2D eigenvalue weighted by Gasteiger charge is 2.17. The van der Waals surface area contributed by atoms with Gasteiger partial charge in [-0.25, -0.2) is 0 Å². The predicted octanol–water partition coefficient (Wildman–Crippen LogP) is -0.637. The lowest BCUT2D eigenvalue weighted by molar-refractivity contribution is -0.127. The molecule has 0 aromatic carbocycles. The number of rotatable bonds is 8. The first-order valence-electron chi connectivity index (χ1n) is 6.32. The molecule has 6 nitrogen and oxygen atoms in total. The molecule has 0 aliphatic heterocycles. The van der Waals surface area contributed by atoms with E-state index in [4.69, 9.17) is 10.8 Å². The second-order valence-electron chi connectivity index (χ2n) is 4.83. The van der Waals surface area contributed by atoms with Gasteiger partial charge in [0, 0.05) is 6.54 Å². The Labute approximate surface area is 108 Å². The summed E-state index contributed by atoms with van der Waals surface area (Å²) < 4.78 is 0. The van der Waals surface area contributed by atoms with Gasteiger partial charge < -0.3 is 21.5 Å². The van der Waals surface area contributed by atoms with Crippen LogP contribution in [0.4, 0.5) is 0 Å². The van der Waals surface area contributed by atoms with Crippen LogP contribution in [0, 0.1) is 5.92 Å². The molecule has 106 valence electrons. The smallest absolute Gasteiger partial charge is 0.239 e. The van der Waals surface area contributed by atoms with E-state index in [1.54, 1.807) is 6.92 Å². The predicted molar refractivity (Wildman–Crippen MR) is 69.7 cm³/mol. The molecule has 0 saturated carbocycles. The van der Waals surface area contributed by atoms with Crippen molar-refractivity contribution in [1.29, 1.82) is 0 Å². The van der Waals surface area contributed by atoms with Crippen LogP contribution in [0.25, 0.3) is 0 Å². The number of nitrogens with one attached hydrogen (secondary N) is 2. The summed E-state index contributed by atoms with van der Waals surface area (Å²) >= 11 is 0. The fourth-order valence-electron chi connectivity index (χ4n) is 1.28. The minimum Gasteiger partial charge on any atom is -0.393 e. The molecule has 0 fully saturated rings. The highest BCUT2D eigenvalue weighted by Crippen LogP contribution is 1.97. The third-order valence-corrected chi connectivity index (χ3v) is 2.57. The molecule has 0 aromatic rings. The molecule has 0 rings (SSSR count). The van der Waals surface area contributed by atoms with Crippen molar-refractivity contribution in [2.75, 3.05) is 13.1 Å². The normalized spacial score (nSPS) is 14.1. The Morgan fingerprint density at radius 3 is 2.33 bits per heavy atom. The molecule has 6 heteroatoms. The number of hydrogen-bond acceptors (Lipinski definition) is 4. The van der Waals surface area contributed by atoms with E-state index in [-0.39, 0.29) is 30.4 Å². The first-order chi connectivity index (χ1) is 8.34. The Kier molecular flexibility index (Phi) is 8.32. The Morgan fingerprint density at radius 2 is 1.83 bits per heavy atom.